The largest absolute Gasteiger partial charge is 0.355 e. The molecule has 1 heterocycles. The molecular formula is C12H23N3O. The molecule has 4 nitrogen and oxygen atoms in total. The highest BCUT2D eigenvalue weighted by atomic mass is 16.1. The van der Waals surface area contributed by atoms with Crippen molar-refractivity contribution in [2.75, 3.05) is 26.7 Å². The zero-order chi connectivity index (χ0) is 11.5. The van der Waals surface area contributed by atoms with Crippen LogP contribution in [0.25, 0.3) is 0 Å². The Morgan fingerprint density at radius 1 is 1.50 bits per heavy atom. The topological polar surface area (TPSA) is 44.4 Å². The summed E-state index contributed by atoms with van der Waals surface area (Å²) in [4.78, 5) is 14.0. The van der Waals surface area contributed by atoms with Gasteiger partial charge in [-0.1, -0.05) is 0 Å². The Labute approximate surface area is 97.8 Å². The number of hydrogen-bond acceptors (Lipinski definition) is 3. The van der Waals surface area contributed by atoms with Gasteiger partial charge in [-0.25, -0.2) is 0 Å². The zero-order valence-corrected chi connectivity index (χ0v) is 10.3. The Kier molecular flexibility index (Phi) is 3.82. The summed E-state index contributed by atoms with van der Waals surface area (Å²) in [6.45, 7) is 4.98. The minimum atomic E-state index is 0.211. The predicted molar refractivity (Wildman–Crippen MR) is 64.2 cm³/mol. The van der Waals surface area contributed by atoms with Crippen molar-refractivity contribution in [3.8, 4) is 0 Å². The molecule has 2 fully saturated rings. The second kappa shape index (κ2) is 5.15. The second-order valence-corrected chi connectivity index (χ2v) is 5.28. The first-order valence-electron chi connectivity index (χ1n) is 6.36. The fourth-order valence-electron chi connectivity index (χ4n) is 2.07. The maximum absolute atomic E-state index is 11.6. The van der Waals surface area contributed by atoms with Crippen molar-refractivity contribution < 1.29 is 4.79 Å². The lowest BCUT2D eigenvalue weighted by atomic mass is 9.99. The van der Waals surface area contributed by atoms with Gasteiger partial charge in [-0.2, -0.15) is 0 Å². The van der Waals surface area contributed by atoms with Gasteiger partial charge < -0.3 is 10.6 Å². The number of hydrogen-bond donors (Lipinski definition) is 2. The van der Waals surface area contributed by atoms with Crippen LogP contribution >= 0.6 is 0 Å². The van der Waals surface area contributed by atoms with Crippen LogP contribution in [0.3, 0.4) is 0 Å². The Bertz CT molecular complexity index is 249. The Balaban J connectivity index is 1.59. The first-order chi connectivity index (χ1) is 7.66. The van der Waals surface area contributed by atoms with Crippen LogP contribution < -0.4 is 10.6 Å². The van der Waals surface area contributed by atoms with Gasteiger partial charge in [0.15, 0.2) is 0 Å². The average Bonchev–Trinajstić information content (AvgIpc) is 3.02. The van der Waals surface area contributed by atoms with Gasteiger partial charge in [0, 0.05) is 25.0 Å². The van der Waals surface area contributed by atoms with E-state index in [9.17, 15) is 4.79 Å². The lowest BCUT2D eigenvalue weighted by Gasteiger charge is -2.28. The summed E-state index contributed by atoms with van der Waals surface area (Å²) in [5.41, 5.74) is 0. The molecule has 0 spiro atoms. The molecule has 1 aliphatic heterocycles. The van der Waals surface area contributed by atoms with Crippen molar-refractivity contribution >= 4 is 5.91 Å². The molecule has 16 heavy (non-hydrogen) atoms. The molecule has 1 saturated carbocycles. The molecule has 0 aromatic heterocycles. The van der Waals surface area contributed by atoms with E-state index < -0.39 is 0 Å². The smallest absolute Gasteiger partial charge is 0.220 e. The van der Waals surface area contributed by atoms with E-state index in [0.29, 0.717) is 18.4 Å². The molecule has 0 radical (unpaired) electrons. The van der Waals surface area contributed by atoms with Crippen LogP contribution in [0.15, 0.2) is 0 Å². The van der Waals surface area contributed by atoms with Crippen LogP contribution in [0.5, 0.6) is 0 Å². The molecule has 2 rings (SSSR count). The van der Waals surface area contributed by atoms with Crippen molar-refractivity contribution in [1.82, 2.24) is 15.5 Å². The summed E-state index contributed by atoms with van der Waals surface area (Å²) in [5, 5.41) is 6.22. The molecule has 4 heteroatoms. The van der Waals surface area contributed by atoms with Gasteiger partial charge in [0.2, 0.25) is 5.91 Å². The van der Waals surface area contributed by atoms with Crippen molar-refractivity contribution in [3.05, 3.63) is 0 Å². The molecule has 2 aliphatic rings. The summed E-state index contributed by atoms with van der Waals surface area (Å²) in [7, 11) is 2.16. The van der Waals surface area contributed by atoms with Crippen LogP contribution in [-0.4, -0.2) is 49.6 Å². The zero-order valence-electron chi connectivity index (χ0n) is 10.3. The summed E-state index contributed by atoms with van der Waals surface area (Å²) >= 11 is 0. The van der Waals surface area contributed by atoms with Gasteiger partial charge in [-0.3, -0.25) is 9.69 Å². The molecule has 2 N–H and O–H groups in total. The predicted octanol–water partition coefficient (Wildman–Crippen LogP) is 0.195. The highest BCUT2D eigenvalue weighted by Crippen LogP contribution is 2.26. The summed E-state index contributed by atoms with van der Waals surface area (Å²) in [6, 6.07) is 1.22. The molecule has 1 unspecified atom stereocenters. The van der Waals surface area contributed by atoms with Crippen molar-refractivity contribution in [2.45, 2.75) is 38.3 Å². The summed E-state index contributed by atoms with van der Waals surface area (Å²) in [6.07, 6.45) is 3.33. The lowest BCUT2D eigenvalue weighted by molar-refractivity contribution is -0.122. The minimum Gasteiger partial charge on any atom is -0.355 e. The number of carbonyl (C=O) groups is 1. The number of rotatable bonds is 6. The van der Waals surface area contributed by atoms with Crippen molar-refractivity contribution in [2.24, 2.45) is 5.92 Å². The first kappa shape index (κ1) is 11.9. The molecule has 1 saturated heterocycles. The molecule has 0 bridgehead atoms. The van der Waals surface area contributed by atoms with Gasteiger partial charge in [-0.05, 0) is 45.8 Å². The number of likely N-dealkylation sites (N-methyl/N-ethyl adjacent to an activating group) is 1. The van der Waals surface area contributed by atoms with E-state index in [4.69, 9.17) is 0 Å². The highest BCUT2D eigenvalue weighted by molar-refractivity contribution is 5.76. The highest BCUT2D eigenvalue weighted by Gasteiger charge is 2.29. The van der Waals surface area contributed by atoms with Gasteiger partial charge in [0.05, 0.1) is 0 Å². The quantitative estimate of drug-likeness (QED) is 0.678. The maximum Gasteiger partial charge on any atom is 0.220 e. The van der Waals surface area contributed by atoms with Gasteiger partial charge >= 0.3 is 0 Å². The maximum atomic E-state index is 11.6. The van der Waals surface area contributed by atoms with Crippen molar-refractivity contribution in [1.29, 1.82) is 0 Å². The van der Waals surface area contributed by atoms with E-state index in [2.05, 4.69) is 29.5 Å². The van der Waals surface area contributed by atoms with Gasteiger partial charge in [0.1, 0.15) is 0 Å². The molecule has 92 valence electrons. The average molecular weight is 225 g/mol. The summed E-state index contributed by atoms with van der Waals surface area (Å²) < 4.78 is 0. The third kappa shape index (κ3) is 3.19. The summed E-state index contributed by atoms with van der Waals surface area (Å²) in [5.74, 6) is 0.777. The Morgan fingerprint density at radius 3 is 2.69 bits per heavy atom. The van der Waals surface area contributed by atoms with Crippen LogP contribution in [0, 0.1) is 5.92 Å². The van der Waals surface area contributed by atoms with Crippen LogP contribution in [0.1, 0.15) is 26.2 Å². The van der Waals surface area contributed by atoms with E-state index in [-0.39, 0.29) is 5.91 Å². The van der Waals surface area contributed by atoms with Gasteiger partial charge in [0.25, 0.3) is 0 Å². The molecule has 0 aromatic carbocycles. The fourth-order valence-corrected chi connectivity index (χ4v) is 2.07. The van der Waals surface area contributed by atoms with E-state index in [1.54, 1.807) is 0 Å². The lowest BCUT2D eigenvalue weighted by Crippen LogP contribution is -2.46. The van der Waals surface area contributed by atoms with Crippen LogP contribution in [0.2, 0.25) is 0 Å². The third-order valence-corrected chi connectivity index (χ3v) is 3.75. The van der Waals surface area contributed by atoms with Gasteiger partial charge in [-0.15, -0.1) is 0 Å². The monoisotopic (exact) mass is 225 g/mol. The molecule has 0 aromatic rings. The molecule has 1 amide bonds. The van der Waals surface area contributed by atoms with E-state index >= 15 is 0 Å². The SMILES string of the molecule is CC(CNC(=O)CC1CNC1)N(C)C1CC1. The van der Waals surface area contributed by atoms with Crippen molar-refractivity contribution in [3.63, 3.8) is 0 Å². The first-order valence-corrected chi connectivity index (χ1v) is 6.36. The second-order valence-electron chi connectivity index (χ2n) is 5.28. The van der Waals surface area contributed by atoms with Crippen LogP contribution in [-0.2, 0) is 4.79 Å². The fraction of sp³-hybridized carbons (Fsp3) is 0.917. The Hall–Kier alpha value is -0.610. The minimum absolute atomic E-state index is 0.211. The number of nitrogens with one attached hydrogen (secondary N) is 2. The van der Waals surface area contributed by atoms with E-state index in [1.165, 1.54) is 12.8 Å². The normalized spacial score (nSPS) is 22.9. The van der Waals surface area contributed by atoms with Crippen LogP contribution in [0.4, 0.5) is 0 Å². The standard InChI is InChI=1S/C12H23N3O/c1-9(15(2)11-3-4-11)6-14-12(16)5-10-7-13-8-10/h9-11,13H,3-8H2,1-2H3,(H,14,16). The third-order valence-electron chi connectivity index (χ3n) is 3.75. The van der Waals surface area contributed by atoms with E-state index in [1.807, 2.05) is 0 Å². The molecule has 1 atom stereocenters. The van der Waals surface area contributed by atoms with E-state index in [0.717, 1.165) is 25.7 Å². The number of carbonyl (C=O) groups excluding carboxylic acids is 1. The number of nitrogens with zero attached hydrogens (tertiary/aromatic N) is 1. The Morgan fingerprint density at radius 2 is 2.19 bits per heavy atom. The molecular weight excluding hydrogens is 202 g/mol. The number of amides is 1. The molecule has 1 aliphatic carbocycles.